The summed E-state index contributed by atoms with van der Waals surface area (Å²) in [7, 11) is 0. The summed E-state index contributed by atoms with van der Waals surface area (Å²) >= 11 is 0. The van der Waals surface area contributed by atoms with Gasteiger partial charge < -0.3 is 4.90 Å². The lowest BCUT2D eigenvalue weighted by Gasteiger charge is -2.35. The number of aromatic nitrogens is 1. The van der Waals surface area contributed by atoms with Crippen molar-refractivity contribution < 1.29 is 4.39 Å². The van der Waals surface area contributed by atoms with Crippen LogP contribution in [0.3, 0.4) is 0 Å². The van der Waals surface area contributed by atoms with Crippen LogP contribution >= 0.6 is 0 Å². The molecule has 0 fully saturated rings. The van der Waals surface area contributed by atoms with Gasteiger partial charge in [0.05, 0.1) is 11.6 Å². The molecule has 152 valence electrons. The van der Waals surface area contributed by atoms with Crippen LogP contribution in [-0.4, -0.2) is 23.0 Å². The van der Waals surface area contributed by atoms with Gasteiger partial charge in [0.2, 0.25) is 0 Å². The van der Waals surface area contributed by atoms with Gasteiger partial charge in [-0.3, -0.25) is 4.90 Å². The van der Waals surface area contributed by atoms with Crippen molar-refractivity contribution in [3.8, 4) is 6.07 Å². The predicted molar refractivity (Wildman–Crippen MR) is 119 cm³/mol. The highest BCUT2D eigenvalue weighted by Gasteiger charge is 2.27. The van der Waals surface area contributed by atoms with Crippen LogP contribution in [0.4, 0.5) is 10.2 Å². The first kappa shape index (κ1) is 19.2. The van der Waals surface area contributed by atoms with Crippen LogP contribution in [0.2, 0.25) is 0 Å². The van der Waals surface area contributed by atoms with Gasteiger partial charge >= 0.3 is 0 Å². The Balaban J connectivity index is 1.43. The smallest absolute Gasteiger partial charge is 0.140 e. The molecule has 0 N–H and O–H groups in total. The molecule has 2 aliphatic heterocycles. The van der Waals surface area contributed by atoms with Crippen LogP contribution in [0.25, 0.3) is 5.57 Å². The molecule has 0 bridgehead atoms. The van der Waals surface area contributed by atoms with Crippen molar-refractivity contribution in [2.24, 2.45) is 0 Å². The van der Waals surface area contributed by atoms with Crippen molar-refractivity contribution in [3.63, 3.8) is 0 Å². The zero-order valence-electron chi connectivity index (χ0n) is 17.0. The fraction of sp³-hybridized carbons (Fsp3) is 0.154. The molecule has 0 unspecified atom stereocenters. The van der Waals surface area contributed by atoms with Crippen LogP contribution in [0.1, 0.15) is 22.3 Å². The lowest BCUT2D eigenvalue weighted by atomic mass is 9.92. The molecule has 0 aliphatic carbocycles. The number of pyridine rings is 1. The molecule has 0 saturated heterocycles. The molecule has 0 saturated carbocycles. The van der Waals surface area contributed by atoms with Gasteiger partial charge in [0.15, 0.2) is 0 Å². The molecule has 3 heterocycles. The molecule has 5 heteroatoms. The van der Waals surface area contributed by atoms with Gasteiger partial charge in [0.25, 0.3) is 0 Å². The molecule has 0 atom stereocenters. The normalized spacial score (nSPS) is 15.4. The van der Waals surface area contributed by atoms with Gasteiger partial charge in [-0.15, -0.1) is 0 Å². The molecule has 4 nitrogen and oxygen atoms in total. The minimum Gasteiger partial charge on any atom is -0.328 e. The summed E-state index contributed by atoms with van der Waals surface area (Å²) in [4.78, 5) is 9.15. The number of hydrogen-bond acceptors (Lipinski definition) is 4. The Morgan fingerprint density at radius 3 is 2.71 bits per heavy atom. The number of halogens is 1. The van der Waals surface area contributed by atoms with Gasteiger partial charge in [0, 0.05) is 44.1 Å². The SMILES string of the molecule is N#Cc1cccc(CN2CC=C3C(=CN(Cc4ccc(F)cc4)c4ncccc43)C2)c1. The molecule has 0 amide bonds. The van der Waals surface area contributed by atoms with Crippen LogP contribution in [-0.2, 0) is 13.1 Å². The van der Waals surface area contributed by atoms with Gasteiger partial charge in [-0.2, -0.15) is 5.26 Å². The standard InChI is InChI=1S/C26H21FN4/c27-23-8-6-19(7-9-23)16-31-18-22-17-30(15-21-4-1-3-20(13-21)14-28)12-10-24(22)25-5-2-11-29-26(25)31/h1-11,13,18H,12,15-17H2. The summed E-state index contributed by atoms with van der Waals surface area (Å²) in [5.74, 6) is 0.699. The Kier molecular flexibility index (Phi) is 5.07. The molecule has 1 aromatic heterocycles. The maximum absolute atomic E-state index is 13.3. The van der Waals surface area contributed by atoms with Crippen LogP contribution in [0, 0.1) is 17.1 Å². The quantitative estimate of drug-likeness (QED) is 0.616. The fourth-order valence-corrected chi connectivity index (χ4v) is 4.25. The van der Waals surface area contributed by atoms with Crippen molar-refractivity contribution in [1.82, 2.24) is 9.88 Å². The van der Waals surface area contributed by atoms with E-state index in [1.165, 1.54) is 23.3 Å². The summed E-state index contributed by atoms with van der Waals surface area (Å²) in [6.45, 7) is 3.08. The number of anilines is 1. The molecule has 31 heavy (non-hydrogen) atoms. The lowest BCUT2D eigenvalue weighted by Crippen LogP contribution is -2.33. The first-order valence-corrected chi connectivity index (χ1v) is 10.3. The molecular weight excluding hydrogens is 387 g/mol. The minimum absolute atomic E-state index is 0.229. The lowest BCUT2D eigenvalue weighted by molar-refractivity contribution is 0.317. The Labute approximate surface area is 181 Å². The van der Waals surface area contributed by atoms with E-state index in [0.717, 1.165) is 42.1 Å². The van der Waals surface area contributed by atoms with Gasteiger partial charge in [0.1, 0.15) is 11.6 Å². The van der Waals surface area contributed by atoms with Gasteiger partial charge in [-0.1, -0.05) is 30.3 Å². The third-order valence-electron chi connectivity index (χ3n) is 5.68. The van der Waals surface area contributed by atoms with Crippen molar-refractivity contribution in [2.45, 2.75) is 13.1 Å². The van der Waals surface area contributed by atoms with Crippen molar-refractivity contribution in [1.29, 1.82) is 5.26 Å². The Morgan fingerprint density at radius 2 is 1.87 bits per heavy atom. The van der Waals surface area contributed by atoms with E-state index in [2.05, 4.69) is 45.3 Å². The number of nitrogens with zero attached hydrogens (tertiary/aromatic N) is 4. The van der Waals surface area contributed by atoms with E-state index in [4.69, 9.17) is 5.26 Å². The molecular formula is C26H21FN4. The fourth-order valence-electron chi connectivity index (χ4n) is 4.25. The van der Waals surface area contributed by atoms with Gasteiger partial charge in [-0.05, 0) is 58.7 Å². The summed E-state index contributed by atoms with van der Waals surface area (Å²) in [6.07, 6.45) is 6.24. The predicted octanol–water partition coefficient (Wildman–Crippen LogP) is 4.90. The summed E-state index contributed by atoms with van der Waals surface area (Å²) in [5, 5.41) is 9.17. The second-order valence-corrected chi connectivity index (χ2v) is 7.88. The van der Waals surface area contributed by atoms with Crippen molar-refractivity contribution in [3.05, 3.63) is 113 Å². The minimum atomic E-state index is -0.229. The first-order valence-electron chi connectivity index (χ1n) is 10.3. The maximum Gasteiger partial charge on any atom is 0.140 e. The first-order chi connectivity index (χ1) is 15.2. The number of hydrogen-bond donors (Lipinski definition) is 0. The van der Waals surface area contributed by atoms with Crippen molar-refractivity contribution >= 4 is 11.4 Å². The molecule has 2 aliphatic rings. The van der Waals surface area contributed by atoms with E-state index >= 15 is 0 Å². The van der Waals surface area contributed by atoms with E-state index < -0.39 is 0 Å². The second-order valence-electron chi connectivity index (χ2n) is 7.88. The van der Waals surface area contributed by atoms with Gasteiger partial charge in [-0.25, -0.2) is 9.37 Å². The maximum atomic E-state index is 13.3. The zero-order chi connectivity index (χ0) is 21.2. The van der Waals surface area contributed by atoms with Crippen LogP contribution < -0.4 is 4.90 Å². The average molecular weight is 408 g/mol. The topological polar surface area (TPSA) is 43.2 Å². The molecule has 0 radical (unpaired) electrons. The molecule has 0 spiro atoms. The molecule has 5 rings (SSSR count). The summed E-state index contributed by atoms with van der Waals surface area (Å²) in [6, 6.07) is 20.7. The largest absolute Gasteiger partial charge is 0.328 e. The van der Waals surface area contributed by atoms with Crippen LogP contribution in [0.15, 0.2) is 84.7 Å². The number of rotatable bonds is 4. The Bertz CT molecular complexity index is 1220. The van der Waals surface area contributed by atoms with E-state index in [0.29, 0.717) is 12.1 Å². The van der Waals surface area contributed by atoms with E-state index in [1.54, 1.807) is 0 Å². The Hall–Kier alpha value is -3.75. The summed E-state index contributed by atoms with van der Waals surface area (Å²) < 4.78 is 13.3. The average Bonchev–Trinajstić information content (AvgIpc) is 2.80. The number of nitriles is 1. The zero-order valence-corrected chi connectivity index (χ0v) is 17.0. The monoisotopic (exact) mass is 408 g/mol. The number of fused-ring (bicyclic) bond motifs is 3. The van der Waals surface area contributed by atoms with E-state index in [9.17, 15) is 4.39 Å². The number of benzene rings is 2. The Morgan fingerprint density at radius 1 is 1.00 bits per heavy atom. The van der Waals surface area contributed by atoms with Crippen molar-refractivity contribution in [2.75, 3.05) is 18.0 Å². The third kappa shape index (κ3) is 3.98. The highest BCUT2D eigenvalue weighted by Crippen LogP contribution is 2.38. The highest BCUT2D eigenvalue weighted by atomic mass is 19.1. The third-order valence-corrected chi connectivity index (χ3v) is 5.68. The van der Waals surface area contributed by atoms with Crippen LogP contribution in [0.5, 0.6) is 0 Å². The van der Waals surface area contributed by atoms with E-state index in [-0.39, 0.29) is 5.82 Å². The van der Waals surface area contributed by atoms with E-state index in [1.807, 2.05) is 42.6 Å². The summed E-state index contributed by atoms with van der Waals surface area (Å²) in [5.41, 5.74) is 6.47. The second kappa shape index (κ2) is 8.17. The molecule has 2 aromatic carbocycles. The highest BCUT2D eigenvalue weighted by molar-refractivity contribution is 5.89. The molecule has 3 aromatic rings.